The van der Waals surface area contributed by atoms with Crippen LogP contribution in [0.4, 0.5) is 0 Å². The quantitative estimate of drug-likeness (QED) is 0.745. The molecule has 114 valence electrons. The molecular formula is C20H22O2. The number of benzene rings is 2. The van der Waals surface area contributed by atoms with Gasteiger partial charge in [0.25, 0.3) is 0 Å². The lowest BCUT2D eigenvalue weighted by atomic mass is 9.93. The van der Waals surface area contributed by atoms with E-state index in [4.69, 9.17) is 0 Å². The van der Waals surface area contributed by atoms with Crippen LogP contribution in [0.25, 0.3) is 0 Å². The molecule has 2 aromatic rings. The summed E-state index contributed by atoms with van der Waals surface area (Å²) in [6.45, 7) is 7.75. The van der Waals surface area contributed by atoms with Crippen LogP contribution in [-0.2, 0) is 0 Å². The van der Waals surface area contributed by atoms with Gasteiger partial charge >= 0.3 is 0 Å². The van der Waals surface area contributed by atoms with Crippen molar-refractivity contribution in [3.05, 3.63) is 69.8 Å². The van der Waals surface area contributed by atoms with Gasteiger partial charge in [0.1, 0.15) is 0 Å². The van der Waals surface area contributed by atoms with Gasteiger partial charge in [-0.25, -0.2) is 0 Å². The van der Waals surface area contributed by atoms with Crippen molar-refractivity contribution < 1.29 is 9.59 Å². The van der Waals surface area contributed by atoms with Crippen LogP contribution in [0.1, 0.15) is 55.8 Å². The number of ketones is 2. The first-order valence-corrected chi connectivity index (χ1v) is 7.60. The molecule has 0 unspecified atom stereocenters. The van der Waals surface area contributed by atoms with Gasteiger partial charge in [-0.1, -0.05) is 36.4 Å². The van der Waals surface area contributed by atoms with Crippen LogP contribution in [0.3, 0.4) is 0 Å². The van der Waals surface area contributed by atoms with E-state index in [1.165, 1.54) is 0 Å². The van der Waals surface area contributed by atoms with Crippen molar-refractivity contribution >= 4 is 11.6 Å². The minimum absolute atomic E-state index is 0.0511. The minimum atomic E-state index is 0.0511. The zero-order chi connectivity index (χ0) is 16.3. The van der Waals surface area contributed by atoms with Crippen molar-refractivity contribution in [1.29, 1.82) is 0 Å². The summed E-state index contributed by atoms with van der Waals surface area (Å²) in [5.41, 5.74) is 5.43. The second kappa shape index (κ2) is 6.69. The summed E-state index contributed by atoms with van der Waals surface area (Å²) in [7, 11) is 0. The van der Waals surface area contributed by atoms with Gasteiger partial charge in [0.2, 0.25) is 0 Å². The molecule has 0 bridgehead atoms. The summed E-state index contributed by atoms with van der Waals surface area (Å²) in [6.07, 6.45) is 0.524. The third-order valence-corrected chi connectivity index (χ3v) is 4.10. The summed E-state index contributed by atoms with van der Waals surface area (Å²) in [5, 5.41) is 0. The summed E-state index contributed by atoms with van der Waals surface area (Å²) in [4.78, 5) is 24.9. The molecule has 2 rings (SSSR count). The molecule has 0 saturated heterocycles. The fourth-order valence-corrected chi connectivity index (χ4v) is 2.99. The monoisotopic (exact) mass is 294 g/mol. The van der Waals surface area contributed by atoms with Crippen molar-refractivity contribution in [2.75, 3.05) is 0 Å². The zero-order valence-electron chi connectivity index (χ0n) is 13.7. The van der Waals surface area contributed by atoms with Crippen LogP contribution in [0.5, 0.6) is 0 Å². The van der Waals surface area contributed by atoms with E-state index in [0.29, 0.717) is 0 Å². The molecule has 2 aromatic carbocycles. The summed E-state index contributed by atoms with van der Waals surface area (Å²) >= 11 is 0. The Morgan fingerprint density at radius 1 is 0.636 bits per heavy atom. The summed E-state index contributed by atoms with van der Waals surface area (Å²) in [5.74, 6) is 0.102. The first-order valence-electron chi connectivity index (χ1n) is 7.60. The lowest BCUT2D eigenvalue weighted by Gasteiger charge is -2.10. The normalized spacial score (nSPS) is 10.5. The van der Waals surface area contributed by atoms with E-state index in [0.717, 1.165) is 33.4 Å². The van der Waals surface area contributed by atoms with Crippen molar-refractivity contribution in [3.8, 4) is 0 Å². The van der Waals surface area contributed by atoms with Crippen LogP contribution in [0.15, 0.2) is 36.4 Å². The zero-order valence-corrected chi connectivity index (χ0v) is 13.7. The fraction of sp³-hybridized carbons (Fsp3) is 0.300. The largest absolute Gasteiger partial charge is 0.294 e. The third kappa shape index (κ3) is 3.33. The highest BCUT2D eigenvalue weighted by atomic mass is 16.1. The Labute approximate surface area is 132 Å². The minimum Gasteiger partial charge on any atom is -0.294 e. The maximum Gasteiger partial charge on any atom is 0.163 e. The van der Waals surface area contributed by atoms with E-state index >= 15 is 0 Å². The number of hydrogen-bond acceptors (Lipinski definition) is 2. The van der Waals surface area contributed by atoms with Crippen LogP contribution < -0.4 is 0 Å². The van der Waals surface area contributed by atoms with Gasteiger partial charge in [0.15, 0.2) is 11.6 Å². The van der Waals surface area contributed by atoms with Gasteiger partial charge in [-0.15, -0.1) is 0 Å². The topological polar surface area (TPSA) is 34.1 Å². The van der Waals surface area contributed by atoms with Crippen molar-refractivity contribution in [1.82, 2.24) is 0 Å². The van der Waals surface area contributed by atoms with E-state index in [-0.39, 0.29) is 24.4 Å². The molecular weight excluding hydrogens is 272 g/mol. The molecule has 0 aliphatic heterocycles. The number of Topliss-reactive ketones (excluding diaryl/α,β-unsaturated/α-hetero) is 2. The van der Waals surface area contributed by atoms with Gasteiger partial charge < -0.3 is 0 Å². The lowest BCUT2D eigenvalue weighted by Crippen LogP contribution is -2.10. The molecule has 0 heterocycles. The Kier molecular flexibility index (Phi) is 4.92. The molecule has 22 heavy (non-hydrogen) atoms. The van der Waals surface area contributed by atoms with Gasteiger partial charge in [-0.05, 0) is 49.9 Å². The molecule has 0 aliphatic rings. The van der Waals surface area contributed by atoms with Crippen molar-refractivity contribution in [2.45, 2.75) is 40.5 Å². The van der Waals surface area contributed by atoms with E-state index in [2.05, 4.69) is 0 Å². The highest BCUT2D eigenvalue weighted by Gasteiger charge is 2.16. The Bertz CT molecular complexity index is 622. The van der Waals surface area contributed by atoms with Crippen molar-refractivity contribution in [3.63, 3.8) is 0 Å². The first kappa shape index (κ1) is 16.2. The molecule has 0 amide bonds. The predicted molar refractivity (Wildman–Crippen MR) is 89.7 cm³/mol. The molecule has 0 atom stereocenters. The summed E-state index contributed by atoms with van der Waals surface area (Å²) < 4.78 is 0. The van der Waals surface area contributed by atoms with Crippen LogP contribution >= 0.6 is 0 Å². The molecule has 2 heteroatoms. The van der Waals surface area contributed by atoms with Gasteiger partial charge in [0.05, 0.1) is 0 Å². The molecule has 0 fully saturated rings. The van der Waals surface area contributed by atoms with Crippen LogP contribution in [-0.4, -0.2) is 11.6 Å². The first-order chi connectivity index (χ1) is 10.4. The van der Waals surface area contributed by atoms with E-state index in [9.17, 15) is 9.59 Å². The van der Waals surface area contributed by atoms with Gasteiger partial charge in [0, 0.05) is 24.0 Å². The number of carbonyl (C=O) groups excluding carboxylic acids is 2. The molecule has 0 N–H and O–H groups in total. The standard InChI is InChI=1S/C20H22O2/c1-13-7-5-8-14(2)19(13)17(21)11-12-18(22)20-15(3)9-6-10-16(20)4/h5-10H,11-12H2,1-4H3. The maximum atomic E-state index is 12.4. The van der Waals surface area contributed by atoms with Crippen LogP contribution in [0, 0.1) is 27.7 Å². The van der Waals surface area contributed by atoms with E-state index in [1.54, 1.807) is 0 Å². The predicted octanol–water partition coefficient (Wildman–Crippen LogP) is 4.77. The fourth-order valence-electron chi connectivity index (χ4n) is 2.99. The Hall–Kier alpha value is -2.22. The average Bonchev–Trinajstić information content (AvgIpc) is 2.44. The number of hydrogen-bond donors (Lipinski definition) is 0. The SMILES string of the molecule is Cc1cccc(C)c1C(=O)CCC(=O)c1c(C)cccc1C. The Balaban J connectivity index is 2.13. The molecule has 0 aromatic heterocycles. The second-order valence-corrected chi connectivity index (χ2v) is 5.88. The van der Waals surface area contributed by atoms with Crippen LogP contribution in [0.2, 0.25) is 0 Å². The average molecular weight is 294 g/mol. The van der Waals surface area contributed by atoms with Crippen molar-refractivity contribution in [2.24, 2.45) is 0 Å². The lowest BCUT2D eigenvalue weighted by molar-refractivity contribution is 0.0916. The van der Waals surface area contributed by atoms with Gasteiger partial charge in [-0.3, -0.25) is 9.59 Å². The highest BCUT2D eigenvalue weighted by Crippen LogP contribution is 2.19. The van der Waals surface area contributed by atoms with Gasteiger partial charge in [-0.2, -0.15) is 0 Å². The third-order valence-electron chi connectivity index (χ3n) is 4.10. The summed E-state index contributed by atoms with van der Waals surface area (Å²) in [6, 6.07) is 11.6. The van der Waals surface area contributed by atoms with E-state index < -0.39 is 0 Å². The molecule has 2 nitrogen and oxygen atoms in total. The number of aryl methyl sites for hydroxylation is 4. The smallest absolute Gasteiger partial charge is 0.163 e. The Morgan fingerprint density at radius 2 is 0.909 bits per heavy atom. The molecule has 0 radical (unpaired) electrons. The maximum absolute atomic E-state index is 12.4. The number of rotatable bonds is 5. The molecule has 0 aliphatic carbocycles. The Morgan fingerprint density at radius 3 is 1.18 bits per heavy atom. The highest BCUT2D eigenvalue weighted by molar-refractivity contribution is 6.04. The number of carbonyl (C=O) groups is 2. The molecule has 0 spiro atoms. The second-order valence-electron chi connectivity index (χ2n) is 5.88. The van der Waals surface area contributed by atoms with E-state index in [1.807, 2.05) is 64.1 Å². The molecule has 0 saturated carbocycles.